The van der Waals surface area contributed by atoms with Gasteiger partial charge in [-0.05, 0) is 44.9 Å². The average Bonchev–Trinajstić information content (AvgIpc) is 2.90. The third-order valence-corrected chi connectivity index (χ3v) is 4.20. The number of rotatable bonds is 6. The minimum absolute atomic E-state index is 0.0599. The molecule has 2 rings (SSSR count). The highest BCUT2D eigenvalue weighted by Crippen LogP contribution is 2.37. The van der Waals surface area contributed by atoms with Crippen LogP contribution >= 0.6 is 0 Å². The van der Waals surface area contributed by atoms with Crippen LogP contribution in [-0.4, -0.2) is 33.0 Å². The van der Waals surface area contributed by atoms with Gasteiger partial charge in [-0.25, -0.2) is 4.68 Å². The number of carbonyl (C=O) groups is 1. The lowest BCUT2D eigenvalue weighted by Gasteiger charge is -2.37. The summed E-state index contributed by atoms with van der Waals surface area (Å²) >= 11 is 0. The summed E-state index contributed by atoms with van der Waals surface area (Å²) in [5.74, 6) is 0.736. The van der Waals surface area contributed by atoms with Crippen molar-refractivity contribution in [2.45, 2.75) is 65.0 Å². The largest absolute Gasteiger partial charge is 0.367 e. The Balaban J connectivity index is 2.24. The highest BCUT2D eigenvalue weighted by Gasteiger charge is 2.43. The number of ketones is 1. The van der Waals surface area contributed by atoms with Crippen LogP contribution in [0.15, 0.2) is 6.20 Å². The smallest absolute Gasteiger partial charge is 0.214 e. The number of aryl methyl sites for hydroxylation is 1. The number of hydrogen-bond acceptors (Lipinski definition) is 4. The Morgan fingerprint density at radius 3 is 2.75 bits per heavy atom. The van der Waals surface area contributed by atoms with Gasteiger partial charge in [-0.15, -0.1) is 5.10 Å². The van der Waals surface area contributed by atoms with Gasteiger partial charge in [0.1, 0.15) is 11.3 Å². The van der Waals surface area contributed by atoms with Crippen molar-refractivity contribution in [1.82, 2.24) is 15.0 Å². The summed E-state index contributed by atoms with van der Waals surface area (Å²) in [4.78, 5) is 12.9. The third kappa shape index (κ3) is 2.92. The first-order chi connectivity index (χ1) is 9.63. The Bertz CT molecular complexity index is 448. The van der Waals surface area contributed by atoms with E-state index in [1.165, 1.54) is 0 Å². The molecular formula is C15H25N3O2. The number of carbonyl (C=O) groups excluding carboxylic acids is 1. The summed E-state index contributed by atoms with van der Waals surface area (Å²) in [6, 6.07) is 0. The van der Waals surface area contributed by atoms with E-state index in [4.69, 9.17) is 4.74 Å². The minimum atomic E-state index is -0.658. The van der Waals surface area contributed by atoms with Crippen LogP contribution in [0.4, 0.5) is 0 Å². The first-order valence-electron chi connectivity index (χ1n) is 7.70. The van der Waals surface area contributed by atoms with Gasteiger partial charge >= 0.3 is 0 Å². The molecule has 1 fully saturated rings. The Labute approximate surface area is 120 Å². The number of aromatic nitrogens is 3. The van der Waals surface area contributed by atoms with Crippen molar-refractivity contribution in [3.63, 3.8) is 0 Å². The molecule has 0 N–H and O–H groups in total. The Morgan fingerprint density at radius 1 is 1.45 bits per heavy atom. The fraction of sp³-hybridized carbons (Fsp3) is 0.800. The molecule has 0 spiro atoms. The summed E-state index contributed by atoms with van der Waals surface area (Å²) in [6.45, 7) is 7.55. The van der Waals surface area contributed by atoms with Crippen LogP contribution in [0, 0.1) is 5.92 Å². The summed E-state index contributed by atoms with van der Waals surface area (Å²) in [6.07, 6.45) is 6.21. The molecule has 0 bridgehead atoms. The molecule has 0 saturated heterocycles. The summed E-state index contributed by atoms with van der Waals surface area (Å²) in [7, 11) is 0. The number of hydrogen-bond donors (Lipinski definition) is 0. The minimum Gasteiger partial charge on any atom is -0.367 e. The van der Waals surface area contributed by atoms with Crippen molar-refractivity contribution in [2.75, 3.05) is 6.61 Å². The van der Waals surface area contributed by atoms with Crippen LogP contribution in [0.1, 0.15) is 63.4 Å². The van der Waals surface area contributed by atoms with Crippen LogP contribution in [0.3, 0.4) is 0 Å². The van der Waals surface area contributed by atoms with Crippen molar-refractivity contribution in [2.24, 2.45) is 5.92 Å². The molecule has 1 saturated carbocycles. The van der Waals surface area contributed by atoms with Gasteiger partial charge in [-0.3, -0.25) is 4.79 Å². The molecule has 112 valence electrons. The van der Waals surface area contributed by atoms with E-state index in [-0.39, 0.29) is 5.78 Å². The van der Waals surface area contributed by atoms with Gasteiger partial charge in [0, 0.05) is 13.2 Å². The molecule has 1 aromatic heterocycles. The van der Waals surface area contributed by atoms with Crippen molar-refractivity contribution in [3.8, 4) is 0 Å². The van der Waals surface area contributed by atoms with E-state index in [9.17, 15) is 4.79 Å². The SMILES string of the molecule is CCCn1nncc1C(=O)C1(OCC)CCC(C)CC1. The fourth-order valence-electron chi connectivity index (χ4n) is 2.99. The van der Waals surface area contributed by atoms with Crippen molar-refractivity contribution < 1.29 is 9.53 Å². The maximum absolute atomic E-state index is 12.9. The Kier molecular flexibility index (Phi) is 4.91. The molecule has 0 amide bonds. The molecule has 20 heavy (non-hydrogen) atoms. The van der Waals surface area contributed by atoms with Gasteiger partial charge in [0.15, 0.2) is 0 Å². The van der Waals surface area contributed by atoms with Gasteiger partial charge in [0.05, 0.1) is 6.20 Å². The molecule has 1 aliphatic rings. The van der Waals surface area contributed by atoms with Gasteiger partial charge in [0.25, 0.3) is 0 Å². The zero-order valence-electron chi connectivity index (χ0n) is 12.8. The van der Waals surface area contributed by atoms with Crippen LogP contribution in [-0.2, 0) is 11.3 Å². The van der Waals surface area contributed by atoms with E-state index in [1.54, 1.807) is 10.9 Å². The predicted octanol–water partition coefficient (Wildman–Crippen LogP) is 2.86. The number of nitrogens with zero attached hydrogens (tertiary/aromatic N) is 3. The highest BCUT2D eigenvalue weighted by atomic mass is 16.5. The van der Waals surface area contributed by atoms with Gasteiger partial charge < -0.3 is 4.74 Å². The molecule has 0 atom stereocenters. The summed E-state index contributed by atoms with van der Waals surface area (Å²) in [5, 5.41) is 7.92. The second kappa shape index (κ2) is 6.48. The fourth-order valence-corrected chi connectivity index (χ4v) is 2.99. The standard InChI is InChI=1S/C15H25N3O2/c1-4-10-18-13(11-16-17-18)14(19)15(20-5-2)8-6-12(3)7-9-15/h11-12H,4-10H2,1-3H3. The molecule has 0 aliphatic heterocycles. The van der Waals surface area contributed by atoms with Crippen molar-refractivity contribution in [3.05, 3.63) is 11.9 Å². The predicted molar refractivity (Wildman–Crippen MR) is 76.6 cm³/mol. The third-order valence-electron chi connectivity index (χ3n) is 4.20. The molecule has 1 aromatic rings. The quantitative estimate of drug-likeness (QED) is 0.751. The van der Waals surface area contributed by atoms with Gasteiger partial charge in [0.2, 0.25) is 5.78 Å². The Morgan fingerprint density at radius 2 is 2.15 bits per heavy atom. The number of ether oxygens (including phenoxy) is 1. The molecule has 0 aromatic carbocycles. The van der Waals surface area contributed by atoms with E-state index in [0.29, 0.717) is 18.2 Å². The molecule has 0 radical (unpaired) electrons. The molecule has 1 heterocycles. The first kappa shape index (κ1) is 15.2. The maximum atomic E-state index is 12.9. The molecule has 5 nitrogen and oxygen atoms in total. The van der Waals surface area contributed by atoms with Crippen LogP contribution in [0.5, 0.6) is 0 Å². The monoisotopic (exact) mass is 279 g/mol. The normalized spacial score (nSPS) is 26.6. The lowest BCUT2D eigenvalue weighted by Crippen LogP contribution is -2.45. The highest BCUT2D eigenvalue weighted by molar-refractivity contribution is 6.01. The first-order valence-corrected chi connectivity index (χ1v) is 7.70. The van der Waals surface area contributed by atoms with E-state index in [2.05, 4.69) is 24.2 Å². The van der Waals surface area contributed by atoms with Gasteiger partial charge in [-0.1, -0.05) is 19.1 Å². The van der Waals surface area contributed by atoms with Crippen molar-refractivity contribution in [1.29, 1.82) is 0 Å². The second-order valence-corrected chi connectivity index (χ2v) is 5.78. The Hall–Kier alpha value is -1.23. The number of Topliss-reactive ketones (excluding diaryl/α,β-unsaturated/α-hetero) is 1. The second-order valence-electron chi connectivity index (χ2n) is 5.78. The lowest BCUT2D eigenvalue weighted by atomic mass is 9.76. The summed E-state index contributed by atoms with van der Waals surface area (Å²) < 4.78 is 7.63. The lowest BCUT2D eigenvalue weighted by molar-refractivity contribution is -0.0480. The zero-order valence-corrected chi connectivity index (χ0v) is 12.8. The van der Waals surface area contributed by atoms with E-state index in [1.807, 2.05) is 6.92 Å². The van der Waals surface area contributed by atoms with Crippen LogP contribution in [0.2, 0.25) is 0 Å². The van der Waals surface area contributed by atoms with Crippen molar-refractivity contribution >= 4 is 5.78 Å². The van der Waals surface area contributed by atoms with E-state index >= 15 is 0 Å². The molecule has 0 unspecified atom stereocenters. The molecular weight excluding hydrogens is 254 g/mol. The topological polar surface area (TPSA) is 57.0 Å². The van der Waals surface area contributed by atoms with Gasteiger partial charge in [-0.2, -0.15) is 0 Å². The maximum Gasteiger partial charge on any atom is 0.214 e. The zero-order chi connectivity index (χ0) is 14.6. The van der Waals surface area contributed by atoms with Crippen LogP contribution < -0.4 is 0 Å². The average molecular weight is 279 g/mol. The summed E-state index contributed by atoms with van der Waals surface area (Å²) in [5.41, 5.74) is -0.0658. The molecule has 5 heteroatoms. The van der Waals surface area contributed by atoms with Crippen LogP contribution in [0.25, 0.3) is 0 Å². The van der Waals surface area contributed by atoms with E-state index < -0.39 is 5.60 Å². The molecule has 1 aliphatic carbocycles. The van der Waals surface area contributed by atoms with E-state index in [0.717, 1.165) is 38.6 Å².